The van der Waals surface area contributed by atoms with E-state index in [4.69, 9.17) is 4.74 Å². The second-order valence-corrected chi connectivity index (χ2v) is 14.0. The molecule has 1 spiro atoms. The summed E-state index contributed by atoms with van der Waals surface area (Å²) in [5, 5.41) is 12.3. The summed E-state index contributed by atoms with van der Waals surface area (Å²) in [5.74, 6) is 4.79. The molecule has 192 valence electrons. The highest BCUT2D eigenvalue weighted by molar-refractivity contribution is 5.29. The van der Waals surface area contributed by atoms with Crippen LogP contribution in [0.4, 0.5) is 0 Å². The van der Waals surface area contributed by atoms with Crippen LogP contribution in [-0.4, -0.2) is 39.3 Å². The lowest BCUT2D eigenvalue weighted by molar-refractivity contribution is -0.0753. The Morgan fingerprint density at radius 2 is 2.00 bits per heavy atom. The molecule has 2 saturated heterocycles. The number of hydrogen-bond acceptors (Lipinski definition) is 4. The Morgan fingerprint density at radius 3 is 2.83 bits per heavy atom. The molecule has 3 heterocycles. The van der Waals surface area contributed by atoms with Crippen molar-refractivity contribution in [2.45, 2.75) is 116 Å². The smallest absolute Gasteiger partial charge is 0.0765 e. The van der Waals surface area contributed by atoms with Crippen molar-refractivity contribution in [1.82, 2.24) is 20.3 Å². The Bertz CT molecular complexity index is 988. The molecule has 0 aromatic carbocycles. The van der Waals surface area contributed by atoms with Gasteiger partial charge in [0.2, 0.25) is 0 Å². The summed E-state index contributed by atoms with van der Waals surface area (Å²) < 4.78 is 9.22. The van der Waals surface area contributed by atoms with Gasteiger partial charge in [0.25, 0.3) is 0 Å². The second kappa shape index (κ2) is 8.15. The summed E-state index contributed by atoms with van der Waals surface area (Å²) in [5.41, 5.74) is 4.14. The largest absolute Gasteiger partial charge is 0.369 e. The van der Waals surface area contributed by atoms with Crippen LogP contribution in [0.25, 0.3) is 0 Å². The summed E-state index contributed by atoms with van der Waals surface area (Å²) in [6.45, 7) is 11.2. The average molecular weight is 479 g/mol. The topological polar surface area (TPSA) is 52.0 Å². The molecule has 7 rings (SSSR count). The highest BCUT2D eigenvalue weighted by Gasteiger charge is 2.59. The summed E-state index contributed by atoms with van der Waals surface area (Å²) in [6.07, 6.45) is 17.5. The zero-order chi connectivity index (χ0) is 23.9. The normalized spacial score (nSPS) is 51.5. The van der Waals surface area contributed by atoms with Gasteiger partial charge in [0.05, 0.1) is 23.9 Å². The number of nitrogens with zero attached hydrogens (tertiary/aromatic N) is 3. The first-order valence-electron chi connectivity index (χ1n) is 14.8. The van der Waals surface area contributed by atoms with Gasteiger partial charge in [0.15, 0.2) is 0 Å². The molecule has 5 fully saturated rings. The molecule has 1 N–H and O–H groups in total. The Labute approximate surface area is 211 Å². The van der Waals surface area contributed by atoms with Gasteiger partial charge >= 0.3 is 0 Å². The van der Waals surface area contributed by atoms with Crippen molar-refractivity contribution in [3.63, 3.8) is 0 Å². The van der Waals surface area contributed by atoms with Crippen LogP contribution in [0.1, 0.15) is 97.9 Å². The van der Waals surface area contributed by atoms with Gasteiger partial charge in [-0.2, -0.15) is 0 Å². The fourth-order valence-electron chi connectivity index (χ4n) is 10.5. The summed E-state index contributed by atoms with van der Waals surface area (Å²) in [7, 11) is 0. The van der Waals surface area contributed by atoms with Crippen molar-refractivity contribution in [1.29, 1.82) is 0 Å². The quantitative estimate of drug-likeness (QED) is 0.507. The number of aromatic nitrogens is 3. The van der Waals surface area contributed by atoms with Crippen LogP contribution < -0.4 is 5.32 Å². The average Bonchev–Trinajstić information content (AvgIpc) is 3.53. The van der Waals surface area contributed by atoms with E-state index in [1.165, 1.54) is 64.2 Å². The van der Waals surface area contributed by atoms with Gasteiger partial charge in [-0.3, -0.25) is 0 Å². The number of rotatable bonds is 1. The SMILES string of the molecule is CC1=C2C[C@H]3[C@@H](CC[C@@H]4CC(n5ccnn5)CC[C@@]43C)[C@@H]2CC[C@@]2(C1)O[C@@H]1C[C@H](C)CN[C@H]1[C@H]2C. The summed E-state index contributed by atoms with van der Waals surface area (Å²) >= 11 is 0. The van der Waals surface area contributed by atoms with E-state index in [1.807, 2.05) is 11.8 Å². The second-order valence-electron chi connectivity index (χ2n) is 14.0. The van der Waals surface area contributed by atoms with Crippen LogP contribution >= 0.6 is 0 Å². The predicted molar refractivity (Wildman–Crippen MR) is 138 cm³/mol. The minimum atomic E-state index is 0.0697. The van der Waals surface area contributed by atoms with Gasteiger partial charge in [-0.1, -0.05) is 37.1 Å². The molecule has 0 radical (unpaired) electrons. The zero-order valence-electron chi connectivity index (χ0n) is 22.4. The van der Waals surface area contributed by atoms with Crippen LogP contribution in [0.3, 0.4) is 0 Å². The molecule has 11 atom stereocenters. The van der Waals surface area contributed by atoms with Crippen molar-refractivity contribution in [2.24, 2.45) is 40.9 Å². The van der Waals surface area contributed by atoms with E-state index in [-0.39, 0.29) is 5.60 Å². The van der Waals surface area contributed by atoms with Crippen molar-refractivity contribution < 1.29 is 4.74 Å². The van der Waals surface area contributed by atoms with Gasteiger partial charge in [-0.15, -0.1) is 5.10 Å². The van der Waals surface area contributed by atoms with Gasteiger partial charge in [-0.25, -0.2) is 4.68 Å². The highest BCUT2D eigenvalue weighted by atomic mass is 16.5. The van der Waals surface area contributed by atoms with E-state index in [0.717, 1.165) is 36.1 Å². The Hall–Kier alpha value is -1.20. The van der Waals surface area contributed by atoms with Crippen molar-refractivity contribution in [2.75, 3.05) is 6.54 Å². The van der Waals surface area contributed by atoms with E-state index < -0.39 is 0 Å². The molecule has 0 bridgehead atoms. The number of fused-ring (bicyclic) bond motifs is 6. The van der Waals surface area contributed by atoms with E-state index in [1.54, 1.807) is 5.57 Å². The fourth-order valence-corrected chi connectivity index (χ4v) is 10.5. The van der Waals surface area contributed by atoms with E-state index >= 15 is 0 Å². The van der Waals surface area contributed by atoms with Crippen molar-refractivity contribution in [3.8, 4) is 0 Å². The van der Waals surface area contributed by atoms with E-state index in [9.17, 15) is 0 Å². The lowest BCUT2D eigenvalue weighted by Gasteiger charge is -2.54. The summed E-state index contributed by atoms with van der Waals surface area (Å²) in [4.78, 5) is 0. The molecule has 1 aromatic rings. The van der Waals surface area contributed by atoms with Crippen molar-refractivity contribution in [3.05, 3.63) is 23.5 Å². The zero-order valence-corrected chi connectivity index (χ0v) is 22.4. The van der Waals surface area contributed by atoms with E-state index in [2.05, 4.69) is 54.2 Å². The van der Waals surface area contributed by atoms with Gasteiger partial charge in [0.1, 0.15) is 0 Å². The molecule has 1 aromatic heterocycles. The lowest BCUT2D eigenvalue weighted by Crippen LogP contribution is -2.48. The van der Waals surface area contributed by atoms with Crippen LogP contribution in [0.15, 0.2) is 23.5 Å². The number of ether oxygens (including phenoxy) is 1. The number of hydrogen-bond donors (Lipinski definition) is 1. The molecule has 5 heteroatoms. The minimum absolute atomic E-state index is 0.0697. The Balaban J connectivity index is 1.13. The van der Waals surface area contributed by atoms with Crippen molar-refractivity contribution >= 4 is 0 Å². The molecule has 0 amide bonds. The molecular formula is C30H46N4O. The minimum Gasteiger partial charge on any atom is -0.369 e. The highest BCUT2D eigenvalue weighted by Crippen LogP contribution is 2.66. The van der Waals surface area contributed by atoms with Crippen LogP contribution in [-0.2, 0) is 4.74 Å². The standard InChI is InChI=1S/C30H46N4O/c1-18-13-27-28(31-17-18)20(3)30(35-27)10-8-23-24-6-5-21-14-22(34-12-11-32-33-34)7-9-29(21,4)26(24)15-25(23)19(2)16-30/h11-12,18,20-24,26-28,31H,5-10,13-17H2,1-4H3/t18-,20+,21+,22?,23-,24-,26-,27+,28-,29-,30-/m0/s1. The van der Waals surface area contributed by atoms with E-state index in [0.29, 0.717) is 29.5 Å². The number of nitrogens with one attached hydrogen (secondary N) is 1. The predicted octanol–water partition coefficient (Wildman–Crippen LogP) is 5.94. The molecule has 5 nitrogen and oxygen atoms in total. The maximum absolute atomic E-state index is 7.07. The molecule has 3 saturated carbocycles. The first-order valence-corrected chi connectivity index (χ1v) is 14.8. The Kier molecular flexibility index (Phi) is 5.34. The maximum Gasteiger partial charge on any atom is 0.0765 e. The lowest BCUT2D eigenvalue weighted by atomic mass is 9.52. The third-order valence-corrected chi connectivity index (χ3v) is 12.4. The monoisotopic (exact) mass is 478 g/mol. The molecule has 1 unspecified atom stereocenters. The first kappa shape index (κ1) is 23.0. The third-order valence-electron chi connectivity index (χ3n) is 12.4. The van der Waals surface area contributed by atoms with Crippen LogP contribution in [0, 0.1) is 40.9 Å². The molecule has 4 aliphatic carbocycles. The van der Waals surface area contributed by atoms with Crippen LogP contribution in [0.2, 0.25) is 0 Å². The van der Waals surface area contributed by atoms with Gasteiger partial charge < -0.3 is 10.1 Å². The summed E-state index contributed by atoms with van der Waals surface area (Å²) in [6, 6.07) is 1.12. The number of allylic oxidation sites excluding steroid dienone is 1. The van der Waals surface area contributed by atoms with Gasteiger partial charge in [-0.05, 0) is 113 Å². The Morgan fingerprint density at radius 1 is 1.11 bits per heavy atom. The first-order chi connectivity index (χ1) is 16.9. The molecule has 2 aliphatic heterocycles. The third kappa shape index (κ3) is 3.39. The number of piperidine rings is 1. The fraction of sp³-hybridized carbons (Fsp3) is 0.867. The molecular weight excluding hydrogens is 432 g/mol. The molecule has 6 aliphatic rings. The van der Waals surface area contributed by atoms with Gasteiger partial charge in [0, 0.05) is 18.2 Å². The maximum atomic E-state index is 7.07. The molecule has 35 heavy (non-hydrogen) atoms. The van der Waals surface area contributed by atoms with Crippen LogP contribution in [0.5, 0.6) is 0 Å².